The van der Waals surface area contributed by atoms with Crippen LogP contribution in [0.1, 0.15) is 11.3 Å². The van der Waals surface area contributed by atoms with Gasteiger partial charge in [0.2, 0.25) is 0 Å². The first-order valence-corrected chi connectivity index (χ1v) is 5.91. The van der Waals surface area contributed by atoms with E-state index >= 15 is 0 Å². The number of hydrogen-bond acceptors (Lipinski definition) is 4. The number of carbonyl (C=O) groups is 1. The minimum Gasteiger partial charge on any atom is -0.465 e. The fourth-order valence-corrected chi connectivity index (χ4v) is 1.71. The van der Waals surface area contributed by atoms with E-state index < -0.39 is 6.09 Å². The average Bonchev–Trinajstić information content (AvgIpc) is 2.69. The number of hydrogen-bond donors (Lipinski definition) is 2. The summed E-state index contributed by atoms with van der Waals surface area (Å²) in [6.45, 7) is 1.89. The van der Waals surface area contributed by atoms with Gasteiger partial charge in [-0.2, -0.15) is 0 Å². The van der Waals surface area contributed by atoms with Gasteiger partial charge in [-0.1, -0.05) is 5.16 Å². The molecule has 2 aromatic heterocycles. The first-order valence-electron chi connectivity index (χ1n) is 5.12. The summed E-state index contributed by atoms with van der Waals surface area (Å²) in [6.07, 6.45) is 0.548. The molecule has 0 radical (unpaired) electrons. The van der Waals surface area contributed by atoms with Crippen LogP contribution >= 0.6 is 15.9 Å². The molecule has 0 unspecified atom stereocenters. The van der Waals surface area contributed by atoms with Crippen LogP contribution < -0.4 is 5.32 Å². The van der Waals surface area contributed by atoms with Crippen LogP contribution in [0, 0.1) is 6.92 Å². The molecule has 2 heterocycles. The van der Waals surface area contributed by atoms with E-state index in [1.54, 1.807) is 19.2 Å². The zero-order valence-electron chi connectivity index (χ0n) is 9.48. The Morgan fingerprint density at radius 2 is 2.33 bits per heavy atom. The molecule has 0 aromatic carbocycles. The third-order valence-corrected chi connectivity index (χ3v) is 2.83. The van der Waals surface area contributed by atoms with Gasteiger partial charge in [0.1, 0.15) is 5.69 Å². The Morgan fingerprint density at radius 1 is 1.56 bits per heavy atom. The maximum Gasteiger partial charge on any atom is 0.404 e. The van der Waals surface area contributed by atoms with E-state index in [1.807, 2.05) is 6.07 Å². The van der Waals surface area contributed by atoms with E-state index in [4.69, 9.17) is 9.63 Å². The molecule has 0 aliphatic rings. The lowest BCUT2D eigenvalue weighted by molar-refractivity contribution is 0.194. The highest BCUT2D eigenvalue weighted by Crippen LogP contribution is 2.25. The van der Waals surface area contributed by atoms with Crippen LogP contribution in [0.25, 0.3) is 11.5 Å². The lowest BCUT2D eigenvalue weighted by atomic mass is 10.1. The molecule has 0 fully saturated rings. The summed E-state index contributed by atoms with van der Waals surface area (Å²) >= 11 is 3.29. The third kappa shape index (κ3) is 2.67. The molecule has 0 atom stereocenters. The lowest BCUT2D eigenvalue weighted by Crippen LogP contribution is -2.20. The van der Waals surface area contributed by atoms with Gasteiger partial charge in [-0.15, -0.1) is 0 Å². The standard InChI is InChI=1S/C11H10BrN3O3/c1-6-8(5-14-11(16)17)10(18-15-6)9-3-2-7(12)4-13-9/h2-4,14H,5H2,1H3,(H,16,17). The predicted octanol–water partition coefficient (Wildman–Crippen LogP) is 2.58. The van der Waals surface area contributed by atoms with Gasteiger partial charge in [0.25, 0.3) is 0 Å². The van der Waals surface area contributed by atoms with Crippen molar-refractivity contribution in [1.29, 1.82) is 0 Å². The predicted molar refractivity (Wildman–Crippen MR) is 67.0 cm³/mol. The summed E-state index contributed by atoms with van der Waals surface area (Å²) in [4.78, 5) is 14.7. The highest BCUT2D eigenvalue weighted by molar-refractivity contribution is 9.10. The summed E-state index contributed by atoms with van der Waals surface area (Å²) in [5, 5.41) is 14.7. The maximum atomic E-state index is 10.5. The zero-order valence-corrected chi connectivity index (χ0v) is 11.1. The molecular formula is C11H10BrN3O3. The van der Waals surface area contributed by atoms with Crippen molar-refractivity contribution in [2.75, 3.05) is 0 Å². The number of aryl methyl sites for hydroxylation is 1. The van der Waals surface area contributed by atoms with Crippen molar-refractivity contribution in [3.8, 4) is 11.5 Å². The second kappa shape index (κ2) is 5.18. The molecule has 6 nitrogen and oxygen atoms in total. The van der Waals surface area contributed by atoms with Gasteiger partial charge in [-0.05, 0) is 35.0 Å². The number of rotatable bonds is 3. The molecule has 2 N–H and O–H groups in total. The Balaban J connectivity index is 2.33. The number of aromatic nitrogens is 2. The smallest absolute Gasteiger partial charge is 0.404 e. The number of amides is 1. The van der Waals surface area contributed by atoms with Crippen molar-refractivity contribution in [2.45, 2.75) is 13.5 Å². The molecule has 2 aromatic rings. The molecule has 0 saturated carbocycles. The van der Waals surface area contributed by atoms with E-state index in [0.29, 0.717) is 22.7 Å². The van der Waals surface area contributed by atoms with Crippen LogP contribution in [-0.2, 0) is 6.54 Å². The molecule has 0 aliphatic carbocycles. The second-order valence-corrected chi connectivity index (χ2v) is 4.51. The molecule has 0 saturated heterocycles. The number of nitrogens with zero attached hydrogens (tertiary/aromatic N) is 2. The van der Waals surface area contributed by atoms with Crippen LogP contribution in [0.3, 0.4) is 0 Å². The van der Waals surface area contributed by atoms with Crippen LogP contribution in [0.2, 0.25) is 0 Å². The van der Waals surface area contributed by atoms with Crippen molar-refractivity contribution in [3.05, 3.63) is 34.1 Å². The minimum atomic E-state index is -1.09. The molecule has 0 aliphatic heterocycles. The van der Waals surface area contributed by atoms with Crippen molar-refractivity contribution < 1.29 is 14.4 Å². The molecule has 0 bridgehead atoms. The van der Waals surface area contributed by atoms with E-state index in [2.05, 4.69) is 31.4 Å². The number of carboxylic acid groups (broad SMARTS) is 1. The monoisotopic (exact) mass is 311 g/mol. The molecule has 0 spiro atoms. The highest BCUT2D eigenvalue weighted by atomic mass is 79.9. The Morgan fingerprint density at radius 3 is 2.94 bits per heavy atom. The Bertz CT molecular complexity index is 565. The molecular weight excluding hydrogens is 302 g/mol. The average molecular weight is 312 g/mol. The maximum absolute atomic E-state index is 10.5. The van der Waals surface area contributed by atoms with Crippen LogP contribution in [0.15, 0.2) is 27.3 Å². The normalized spacial score (nSPS) is 10.3. The molecule has 94 valence electrons. The largest absolute Gasteiger partial charge is 0.465 e. The van der Waals surface area contributed by atoms with E-state index in [0.717, 1.165) is 4.47 Å². The van der Waals surface area contributed by atoms with E-state index in [-0.39, 0.29) is 6.54 Å². The van der Waals surface area contributed by atoms with Gasteiger partial charge in [0.15, 0.2) is 5.76 Å². The van der Waals surface area contributed by atoms with Gasteiger partial charge in [0, 0.05) is 16.2 Å². The van der Waals surface area contributed by atoms with Crippen LogP contribution in [-0.4, -0.2) is 21.3 Å². The minimum absolute atomic E-state index is 0.137. The van der Waals surface area contributed by atoms with Crippen molar-refractivity contribution >= 4 is 22.0 Å². The first-order chi connectivity index (χ1) is 8.58. The number of pyridine rings is 1. The van der Waals surface area contributed by atoms with Gasteiger partial charge in [0.05, 0.1) is 12.2 Å². The van der Waals surface area contributed by atoms with E-state index in [9.17, 15) is 4.79 Å². The zero-order chi connectivity index (χ0) is 13.1. The molecule has 2 rings (SSSR count). The fraction of sp³-hybridized carbons (Fsp3) is 0.182. The quantitative estimate of drug-likeness (QED) is 0.909. The summed E-state index contributed by atoms with van der Waals surface area (Å²) in [6, 6.07) is 3.60. The van der Waals surface area contributed by atoms with Gasteiger partial charge in [-0.3, -0.25) is 4.98 Å². The van der Waals surface area contributed by atoms with Gasteiger partial charge < -0.3 is 14.9 Å². The molecule has 1 amide bonds. The topological polar surface area (TPSA) is 88.3 Å². The van der Waals surface area contributed by atoms with E-state index in [1.165, 1.54) is 0 Å². The van der Waals surface area contributed by atoms with Crippen LogP contribution in [0.5, 0.6) is 0 Å². The van der Waals surface area contributed by atoms with Crippen molar-refractivity contribution in [3.63, 3.8) is 0 Å². The van der Waals surface area contributed by atoms with Crippen molar-refractivity contribution in [2.24, 2.45) is 0 Å². The summed E-state index contributed by atoms with van der Waals surface area (Å²) < 4.78 is 6.05. The number of halogens is 1. The van der Waals surface area contributed by atoms with Crippen LogP contribution in [0.4, 0.5) is 4.79 Å². The lowest BCUT2D eigenvalue weighted by Gasteiger charge is -2.02. The molecule has 18 heavy (non-hydrogen) atoms. The Labute approximate surface area is 111 Å². The molecule has 7 heteroatoms. The number of nitrogens with one attached hydrogen (secondary N) is 1. The third-order valence-electron chi connectivity index (χ3n) is 2.36. The summed E-state index contributed by atoms with van der Waals surface area (Å²) in [5.74, 6) is 0.480. The van der Waals surface area contributed by atoms with Gasteiger partial charge >= 0.3 is 6.09 Å². The SMILES string of the molecule is Cc1noc(-c2ccc(Br)cn2)c1CNC(=O)O. The Hall–Kier alpha value is -1.89. The second-order valence-electron chi connectivity index (χ2n) is 3.60. The fourth-order valence-electron chi connectivity index (χ4n) is 1.47. The summed E-state index contributed by atoms with van der Waals surface area (Å²) in [5.41, 5.74) is 1.94. The van der Waals surface area contributed by atoms with Gasteiger partial charge in [-0.25, -0.2) is 4.79 Å². The van der Waals surface area contributed by atoms with Crippen molar-refractivity contribution in [1.82, 2.24) is 15.5 Å². The highest BCUT2D eigenvalue weighted by Gasteiger charge is 2.16. The first kappa shape index (κ1) is 12.6. The Kier molecular flexibility index (Phi) is 3.61. The summed E-state index contributed by atoms with van der Waals surface area (Å²) in [7, 11) is 0.